The van der Waals surface area contributed by atoms with E-state index < -0.39 is 0 Å². The van der Waals surface area contributed by atoms with Gasteiger partial charge in [0.15, 0.2) is 0 Å². The van der Waals surface area contributed by atoms with E-state index in [-0.39, 0.29) is 35.8 Å². The molecule has 0 radical (unpaired) electrons. The van der Waals surface area contributed by atoms with Crippen molar-refractivity contribution in [3.63, 3.8) is 0 Å². The first-order valence-corrected chi connectivity index (χ1v) is 15.9. The molecule has 6 aromatic rings. The SMILES string of the molecule is Nc1cccc2cc3ccc(C4=CC5C(C=C4)C4c6cc(-c7cc(N)c8c(N)cccc8c7)ccc6C5C(N)C4N)c(N)c3cc12. The molecule has 0 aromatic heterocycles. The molecule has 6 unspecified atom stereocenters. The van der Waals surface area contributed by atoms with Crippen LogP contribution in [0.5, 0.6) is 0 Å². The van der Waals surface area contributed by atoms with Gasteiger partial charge in [-0.05, 0) is 92.2 Å². The maximum absolute atomic E-state index is 6.94. The monoisotopic (exact) mass is 600 g/mol. The molecule has 6 aromatic carbocycles. The number of allylic oxidation sites excluding steroid dienone is 4. The van der Waals surface area contributed by atoms with Crippen LogP contribution in [0, 0.1) is 11.8 Å². The molecule has 46 heavy (non-hydrogen) atoms. The number of rotatable bonds is 2. The molecule has 1 saturated carbocycles. The molecule has 4 aliphatic rings. The third kappa shape index (κ3) is 3.71. The standard InChI is InChI=1S/C40H36N6/c41-32-5-1-3-20-13-21-8-10-25(38(44)29(21)18-28(20)32)22-9-12-27-31(16-22)37-26-11-7-19(15-30(26)36(27)39(45)40(37)46)24-14-23-4-2-6-33(42)35(23)34(43)17-24/h1-18,27,31,36-37,39-40H,41-46H2. The number of nitrogen functional groups attached to an aromatic ring is 4. The van der Waals surface area contributed by atoms with E-state index in [1.807, 2.05) is 30.3 Å². The lowest BCUT2D eigenvalue weighted by atomic mass is 9.51. The van der Waals surface area contributed by atoms with Gasteiger partial charge < -0.3 is 34.4 Å². The maximum atomic E-state index is 6.94. The van der Waals surface area contributed by atoms with Crippen LogP contribution in [0.15, 0.2) is 109 Å². The second-order valence-electron chi connectivity index (χ2n) is 13.4. The van der Waals surface area contributed by atoms with E-state index in [1.165, 1.54) is 11.1 Å². The Morgan fingerprint density at radius 3 is 2.09 bits per heavy atom. The Kier molecular flexibility index (Phi) is 5.64. The number of benzene rings is 6. The van der Waals surface area contributed by atoms with E-state index in [1.54, 1.807) is 0 Å². The summed E-state index contributed by atoms with van der Waals surface area (Å²) in [6.45, 7) is 0. The number of fused-ring (bicyclic) bond motifs is 4. The van der Waals surface area contributed by atoms with Crippen LogP contribution in [-0.2, 0) is 0 Å². The predicted molar refractivity (Wildman–Crippen MR) is 194 cm³/mol. The van der Waals surface area contributed by atoms with Gasteiger partial charge in [0.05, 0.1) is 0 Å². The van der Waals surface area contributed by atoms with Crippen LogP contribution < -0.4 is 34.4 Å². The van der Waals surface area contributed by atoms with Gasteiger partial charge in [-0.15, -0.1) is 0 Å². The molecule has 0 amide bonds. The van der Waals surface area contributed by atoms with Crippen molar-refractivity contribution in [2.75, 3.05) is 22.9 Å². The Bertz CT molecular complexity index is 2340. The van der Waals surface area contributed by atoms with Crippen molar-refractivity contribution in [1.82, 2.24) is 0 Å². The molecule has 0 spiro atoms. The zero-order chi connectivity index (χ0) is 31.4. The van der Waals surface area contributed by atoms with Crippen LogP contribution >= 0.6 is 0 Å². The lowest BCUT2D eigenvalue weighted by Gasteiger charge is -2.55. The Morgan fingerprint density at radius 2 is 1.26 bits per heavy atom. The topological polar surface area (TPSA) is 156 Å². The van der Waals surface area contributed by atoms with Crippen LogP contribution in [0.25, 0.3) is 49.0 Å². The van der Waals surface area contributed by atoms with Gasteiger partial charge in [0.25, 0.3) is 0 Å². The van der Waals surface area contributed by atoms with E-state index in [0.717, 1.165) is 66.0 Å². The molecular formula is C40H36N6. The van der Waals surface area contributed by atoms with Gasteiger partial charge in [-0.3, -0.25) is 0 Å². The number of hydrogen-bond donors (Lipinski definition) is 6. The molecule has 12 N–H and O–H groups in total. The predicted octanol–water partition coefficient (Wildman–Crippen LogP) is 6.88. The molecule has 0 heterocycles. The molecule has 0 aliphatic heterocycles. The molecule has 1 fully saturated rings. The summed E-state index contributed by atoms with van der Waals surface area (Å²) in [4.78, 5) is 0. The fraction of sp³-hybridized carbons (Fsp3) is 0.150. The molecule has 6 atom stereocenters. The molecule has 6 heteroatoms. The first kappa shape index (κ1) is 27.0. The summed E-state index contributed by atoms with van der Waals surface area (Å²) in [7, 11) is 0. The lowest BCUT2D eigenvalue weighted by Crippen LogP contribution is -2.61. The number of hydrogen-bond acceptors (Lipinski definition) is 6. The largest absolute Gasteiger partial charge is 0.398 e. The second kappa shape index (κ2) is 9.60. The third-order valence-electron chi connectivity index (χ3n) is 11.0. The fourth-order valence-electron chi connectivity index (χ4n) is 8.82. The Labute approximate surface area is 267 Å². The van der Waals surface area contributed by atoms with Crippen molar-refractivity contribution in [2.45, 2.75) is 23.9 Å². The van der Waals surface area contributed by atoms with Gasteiger partial charge in [0.2, 0.25) is 0 Å². The highest BCUT2D eigenvalue weighted by molar-refractivity contribution is 6.09. The quantitative estimate of drug-likeness (QED) is 0.0940. The maximum Gasteiger partial charge on any atom is 0.0473 e. The third-order valence-corrected chi connectivity index (χ3v) is 11.0. The second-order valence-corrected chi connectivity index (χ2v) is 13.4. The summed E-state index contributed by atoms with van der Waals surface area (Å²) in [5.74, 6) is 0.671. The van der Waals surface area contributed by atoms with Crippen LogP contribution in [0.4, 0.5) is 22.7 Å². The molecule has 2 bridgehead atoms. The van der Waals surface area contributed by atoms with E-state index in [0.29, 0.717) is 11.4 Å². The summed E-state index contributed by atoms with van der Waals surface area (Å²) >= 11 is 0. The highest BCUT2D eigenvalue weighted by Crippen LogP contribution is 2.58. The highest BCUT2D eigenvalue weighted by atomic mass is 14.9. The van der Waals surface area contributed by atoms with Gasteiger partial charge in [-0.1, -0.05) is 72.8 Å². The van der Waals surface area contributed by atoms with Crippen LogP contribution in [0.2, 0.25) is 0 Å². The Morgan fingerprint density at radius 1 is 0.522 bits per heavy atom. The van der Waals surface area contributed by atoms with Crippen molar-refractivity contribution in [2.24, 2.45) is 23.3 Å². The number of anilines is 4. The van der Waals surface area contributed by atoms with Crippen LogP contribution in [0.3, 0.4) is 0 Å². The Hall–Kier alpha value is -5.30. The van der Waals surface area contributed by atoms with Gasteiger partial charge in [0, 0.05) is 68.4 Å². The van der Waals surface area contributed by atoms with Gasteiger partial charge >= 0.3 is 0 Å². The van der Waals surface area contributed by atoms with Gasteiger partial charge in [0.1, 0.15) is 0 Å². The van der Waals surface area contributed by atoms with E-state index in [9.17, 15) is 0 Å². The van der Waals surface area contributed by atoms with Crippen LogP contribution in [-0.4, -0.2) is 12.1 Å². The average Bonchev–Trinajstić information content (AvgIpc) is 3.05. The van der Waals surface area contributed by atoms with Crippen molar-refractivity contribution in [3.05, 3.63) is 126 Å². The molecular weight excluding hydrogens is 564 g/mol. The zero-order valence-corrected chi connectivity index (χ0v) is 25.3. The minimum absolute atomic E-state index is 0.0981. The normalized spacial score (nSPS) is 24.7. The fourth-order valence-corrected chi connectivity index (χ4v) is 8.82. The lowest BCUT2D eigenvalue weighted by molar-refractivity contribution is 0.170. The zero-order valence-electron chi connectivity index (χ0n) is 25.3. The first-order chi connectivity index (χ1) is 22.3. The van der Waals surface area contributed by atoms with E-state index >= 15 is 0 Å². The van der Waals surface area contributed by atoms with Gasteiger partial charge in [-0.2, -0.15) is 0 Å². The summed E-state index contributed by atoms with van der Waals surface area (Å²) in [5, 5.41) is 6.17. The minimum Gasteiger partial charge on any atom is -0.398 e. The van der Waals surface area contributed by atoms with Crippen molar-refractivity contribution in [3.8, 4) is 11.1 Å². The summed E-state index contributed by atoms with van der Waals surface area (Å²) < 4.78 is 0. The molecule has 226 valence electrons. The van der Waals surface area contributed by atoms with E-state index in [2.05, 4.69) is 78.9 Å². The smallest absolute Gasteiger partial charge is 0.0473 e. The molecule has 0 saturated heterocycles. The van der Waals surface area contributed by atoms with Crippen LogP contribution in [0.1, 0.15) is 28.5 Å². The Balaban J connectivity index is 1.13. The summed E-state index contributed by atoms with van der Waals surface area (Å²) in [6.07, 6.45) is 6.97. The summed E-state index contributed by atoms with van der Waals surface area (Å²) in [6, 6.07) is 31.2. The molecule has 6 nitrogen and oxygen atoms in total. The molecule has 4 aliphatic carbocycles. The van der Waals surface area contributed by atoms with Crippen molar-refractivity contribution < 1.29 is 0 Å². The summed E-state index contributed by atoms with van der Waals surface area (Å²) in [5.41, 5.74) is 49.7. The van der Waals surface area contributed by atoms with Crippen molar-refractivity contribution in [1.29, 1.82) is 0 Å². The molecule has 10 rings (SSSR count). The van der Waals surface area contributed by atoms with E-state index in [4.69, 9.17) is 34.4 Å². The highest BCUT2D eigenvalue weighted by Gasteiger charge is 2.53. The van der Waals surface area contributed by atoms with Gasteiger partial charge in [-0.25, -0.2) is 0 Å². The minimum atomic E-state index is -0.142. The average molecular weight is 601 g/mol. The first-order valence-electron chi connectivity index (χ1n) is 15.9. The number of nitrogens with two attached hydrogens (primary N) is 6. The van der Waals surface area contributed by atoms with Crippen molar-refractivity contribution >= 4 is 60.6 Å².